The molecule has 0 spiro atoms. The zero-order chi connectivity index (χ0) is 19.4. The number of nitrogens with zero attached hydrogens (tertiary/aromatic N) is 4. The average Bonchev–Trinajstić information content (AvgIpc) is 2.68. The first kappa shape index (κ1) is 19.8. The molecule has 2 fully saturated rings. The van der Waals surface area contributed by atoms with Gasteiger partial charge in [-0.2, -0.15) is 9.97 Å². The lowest BCUT2D eigenvalue weighted by atomic mass is 9.95. The fourth-order valence-corrected chi connectivity index (χ4v) is 4.38. The van der Waals surface area contributed by atoms with Gasteiger partial charge in [0.25, 0.3) is 0 Å². The maximum Gasteiger partial charge on any atom is 0.316 e. The van der Waals surface area contributed by atoms with Gasteiger partial charge in [0.15, 0.2) is 5.75 Å². The van der Waals surface area contributed by atoms with E-state index in [9.17, 15) is 13.2 Å². The van der Waals surface area contributed by atoms with E-state index in [0.29, 0.717) is 50.8 Å². The highest BCUT2D eigenvalue weighted by atomic mass is 32.2. The van der Waals surface area contributed by atoms with Gasteiger partial charge >= 0.3 is 6.01 Å². The topological polar surface area (TPSA) is 102 Å². The first-order chi connectivity index (χ1) is 12.9. The monoisotopic (exact) mass is 398 g/mol. The summed E-state index contributed by atoms with van der Waals surface area (Å²) in [6.07, 6.45) is 6.94. The van der Waals surface area contributed by atoms with Crippen LogP contribution in [0.25, 0.3) is 0 Å². The summed E-state index contributed by atoms with van der Waals surface area (Å²) in [5.41, 5.74) is 0. The van der Waals surface area contributed by atoms with Gasteiger partial charge in [0.1, 0.15) is 6.10 Å². The molecule has 10 heteroatoms. The Bertz CT molecular complexity index is 739. The molecule has 0 aromatic carbocycles. The van der Waals surface area contributed by atoms with Crippen LogP contribution in [0.15, 0.2) is 12.4 Å². The molecule has 0 unspecified atom stereocenters. The molecule has 2 saturated heterocycles. The second-order valence-corrected chi connectivity index (χ2v) is 8.97. The molecule has 1 aromatic heterocycles. The van der Waals surface area contributed by atoms with Crippen LogP contribution in [-0.4, -0.2) is 79.1 Å². The molecule has 3 heterocycles. The van der Waals surface area contributed by atoms with Gasteiger partial charge in [-0.3, -0.25) is 4.79 Å². The molecule has 0 bridgehead atoms. The Labute approximate surface area is 159 Å². The molecule has 27 heavy (non-hydrogen) atoms. The van der Waals surface area contributed by atoms with Gasteiger partial charge in [-0.15, -0.1) is 0 Å². The predicted molar refractivity (Wildman–Crippen MR) is 98.0 cm³/mol. The van der Waals surface area contributed by atoms with Crippen molar-refractivity contribution in [2.24, 2.45) is 5.92 Å². The first-order valence-electron chi connectivity index (χ1n) is 9.13. The second kappa shape index (κ2) is 8.39. The smallest absolute Gasteiger partial charge is 0.316 e. The number of carbonyl (C=O) groups excluding carboxylic acids is 1. The standard InChI is InChI=1S/C17H26N4O5S/c1-25-15-11-18-17(19-12-15)26-14-5-7-20(8-6-14)16(22)13-3-9-21(10-4-13)27(2,23)24/h11-14H,3-10H2,1-2H3. The summed E-state index contributed by atoms with van der Waals surface area (Å²) in [6, 6.07) is 0.314. The largest absolute Gasteiger partial charge is 0.494 e. The Morgan fingerprint density at radius 1 is 1.07 bits per heavy atom. The third-order valence-electron chi connectivity index (χ3n) is 5.14. The number of piperidine rings is 2. The molecule has 0 radical (unpaired) electrons. The van der Waals surface area contributed by atoms with Gasteiger partial charge in [0, 0.05) is 44.9 Å². The summed E-state index contributed by atoms with van der Waals surface area (Å²) in [5, 5.41) is 0. The van der Waals surface area contributed by atoms with E-state index in [1.807, 2.05) is 4.90 Å². The zero-order valence-electron chi connectivity index (χ0n) is 15.7. The fraction of sp³-hybridized carbons (Fsp3) is 0.706. The maximum atomic E-state index is 12.7. The molecular formula is C17H26N4O5S. The van der Waals surface area contributed by atoms with Gasteiger partial charge in [-0.25, -0.2) is 12.7 Å². The second-order valence-electron chi connectivity index (χ2n) is 6.98. The van der Waals surface area contributed by atoms with Crippen molar-refractivity contribution in [1.29, 1.82) is 0 Å². The van der Waals surface area contributed by atoms with Crippen LogP contribution in [0, 0.1) is 5.92 Å². The minimum atomic E-state index is -3.17. The van der Waals surface area contributed by atoms with Crippen molar-refractivity contribution in [3.05, 3.63) is 12.4 Å². The summed E-state index contributed by atoms with van der Waals surface area (Å²) in [5.74, 6) is 0.609. The van der Waals surface area contributed by atoms with Crippen LogP contribution in [-0.2, 0) is 14.8 Å². The van der Waals surface area contributed by atoms with E-state index < -0.39 is 10.0 Å². The number of hydrogen-bond acceptors (Lipinski definition) is 7. The summed E-state index contributed by atoms with van der Waals surface area (Å²) < 4.78 is 35.4. The van der Waals surface area contributed by atoms with E-state index in [1.165, 1.54) is 10.6 Å². The number of likely N-dealkylation sites (tertiary alicyclic amines) is 1. The Morgan fingerprint density at radius 2 is 1.67 bits per heavy atom. The first-order valence-corrected chi connectivity index (χ1v) is 11.0. The number of aromatic nitrogens is 2. The number of rotatable bonds is 5. The van der Waals surface area contributed by atoms with Crippen molar-refractivity contribution >= 4 is 15.9 Å². The molecule has 1 amide bonds. The number of ether oxygens (including phenoxy) is 2. The van der Waals surface area contributed by atoms with Crippen LogP contribution in [0.1, 0.15) is 25.7 Å². The zero-order valence-corrected chi connectivity index (χ0v) is 16.5. The molecule has 0 aliphatic carbocycles. The molecular weight excluding hydrogens is 372 g/mol. The molecule has 150 valence electrons. The molecule has 0 N–H and O–H groups in total. The van der Waals surface area contributed by atoms with E-state index in [0.717, 1.165) is 12.8 Å². The van der Waals surface area contributed by atoms with Crippen molar-refractivity contribution in [3.8, 4) is 11.8 Å². The highest BCUT2D eigenvalue weighted by molar-refractivity contribution is 7.88. The Hall–Kier alpha value is -1.94. The van der Waals surface area contributed by atoms with Gasteiger partial charge in [0.2, 0.25) is 15.9 Å². The van der Waals surface area contributed by atoms with Crippen molar-refractivity contribution in [1.82, 2.24) is 19.2 Å². The van der Waals surface area contributed by atoms with Crippen molar-refractivity contribution < 1.29 is 22.7 Å². The molecule has 0 atom stereocenters. The van der Waals surface area contributed by atoms with E-state index >= 15 is 0 Å². The quantitative estimate of drug-likeness (QED) is 0.713. The minimum absolute atomic E-state index is 0.0190. The average molecular weight is 398 g/mol. The fourth-order valence-electron chi connectivity index (χ4n) is 3.51. The molecule has 9 nitrogen and oxygen atoms in total. The molecule has 2 aliphatic rings. The highest BCUT2D eigenvalue weighted by Crippen LogP contribution is 2.24. The van der Waals surface area contributed by atoms with Crippen molar-refractivity contribution in [3.63, 3.8) is 0 Å². The van der Waals surface area contributed by atoms with Gasteiger partial charge in [-0.1, -0.05) is 0 Å². The maximum absolute atomic E-state index is 12.7. The van der Waals surface area contributed by atoms with Crippen LogP contribution in [0.2, 0.25) is 0 Å². The van der Waals surface area contributed by atoms with E-state index in [4.69, 9.17) is 9.47 Å². The lowest BCUT2D eigenvalue weighted by molar-refractivity contribution is -0.138. The SMILES string of the molecule is COc1cnc(OC2CCN(C(=O)C3CCN(S(C)(=O)=O)CC3)CC2)nc1. The number of sulfonamides is 1. The van der Waals surface area contributed by atoms with E-state index in [2.05, 4.69) is 9.97 Å². The number of methoxy groups -OCH3 is 1. The number of carbonyl (C=O) groups is 1. The molecule has 2 aliphatic heterocycles. The molecule has 0 saturated carbocycles. The lowest BCUT2D eigenvalue weighted by Gasteiger charge is -2.36. The minimum Gasteiger partial charge on any atom is -0.494 e. The Kier molecular flexibility index (Phi) is 6.15. The predicted octanol–water partition coefficient (Wildman–Crippen LogP) is 0.527. The number of amides is 1. The molecule has 3 rings (SSSR count). The third-order valence-corrected chi connectivity index (χ3v) is 6.44. The van der Waals surface area contributed by atoms with Crippen LogP contribution in [0.5, 0.6) is 11.8 Å². The van der Waals surface area contributed by atoms with Crippen LogP contribution >= 0.6 is 0 Å². The van der Waals surface area contributed by atoms with Crippen LogP contribution < -0.4 is 9.47 Å². The van der Waals surface area contributed by atoms with Crippen LogP contribution in [0.4, 0.5) is 0 Å². The highest BCUT2D eigenvalue weighted by Gasteiger charge is 2.33. The van der Waals surface area contributed by atoms with Crippen molar-refractivity contribution in [2.45, 2.75) is 31.8 Å². The van der Waals surface area contributed by atoms with Gasteiger partial charge in [0.05, 0.1) is 25.8 Å². The third kappa shape index (κ3) is 5.07. The summed E-state index contributed by atoms with van der Waals surface area (Å²) in [7, 11) is -1.62. The van der Waals surface area contributed by atoms with Crippen LogP contribution in [0.3, 0.4) is 0 Å². The lowest BCUT2D eigenvalue weighted by Crippen LogP contribution is -2.47. The van der Waals surface area contributed by atoms with Crippen molar-refractivity contribution in [2.75, 3.05) is 39.5 Å². The van der Waals surface area contributed by atoms with Gasteiger partial charge in [-0.05, 0) is 12.8 Å². The Balaban J connectivity index is 1.45. The summed E-state index contributed by atoms with van der Waals surface area (Å²) >= 11 is 0. The Morgan fingerprint density at radius 3 is 2.19 bits per heavy atom. The van der Waals surface area contributed by atoms with E-state index in [1.54, 1.807) is 19.5 Å². The summed E-state index contributed by atoms with van der Waals surface area (Å²) in [6.45, 7) is 2.10. The normalized spacial score (nSPS) is 20.4. The summed E-state index contributed by atoms with van der Waals surface area (Å²) in [4.78, 5) is 22.8. The van der Waals surface area contributed by atoms with Gasteiger partial charge < -0.3 is 14.4 Å². The van der Waals surface area contributed by atoms with E-state index in [-0.39, 0.29) is 17.9 Å². The number of hydrogen-bond donors (Lipinski definition) is 0. The molecule has 1 aromatic rings.